The van der Waals surface area contributed by atoms with Crippen LogP contribution in [0.1, 0.15) is 21.9 Å². The summed E-state index contributed by atoms with van der Waals surface area (Å²) >= 11 is 6.01. The average molecular weight is 393 g/mol. The van der Waals surface area contributed by atoms with Crippen molar-refractivity contribution in [2.24, 2.45) is 0 Å². The smallest absolute Gasteiger partial charge is 0.277 e. The minimum absolute atomic E-state index is 0.179. The van der Waals surface area contributed by atoms with Crippen molar-refractivity contribution in [3.05, 3.63) is 82.8 Å². The van der Waals surface area contributed by atoms with Gasteiger partial charge in [-0.15, -0.1) is 0 Å². The SMILES string of the molecule is Cc1cc(C)n(-c2ccccc2NC(=O)c2cc(-c3cccc(Cl)c3)on2)n1. The van der Waals surface area contributed by atoms with Crippen molar-refractivity contribution >= 4 is 23.2 Å². The zero-order chi connectivity index (χ0) is 19.7. The van der Waals surface area contributed by atoms with E-state index in [4.69, 9.17) is 16.1 Å². The Balaban J connectivity index is 1.61. The first-order valence-corrected chi connectivity index (χ1v) is 9.06. The standard InChI is InChI=1S/C21H17ClN4O2/c1-13-10-14(2)26(24-13)19-9-4-3-8-17(19)23-21(27)18-12-20(28-25-18)15-6-5-7-16(22)11-15/h3-12H,1-2H3,(H,23,27). The third-order valence-corrected chi connectivity index (χ3v) is 4.48. The lowest BCUT2D eigenvalue weighted by atomic mass is 10.1. The summed E-state index contributed by atoms with van der Waals surface area (Å²) in [5.74, 6) is 0.102. The maximum atomic E-state index is 12.7. The van der Waals surface area contributed by atoms with Gasteiger partial charge in [0, 0.05) is 22.3 Å². The maximum Gasteiger partial charge on any atom is 0.277 e. The molecule has 0 saturated heterocycles. The van der Waals surface area contributed by atoms with Gasteiger partial charge in [-0.2, -0.15) is 5.10 Å². The van der Waals surface area contributed by atoms with Gasteiger partial charge in [0.2, 0.25) is 0 Å². The van der Waals surface area contributed by atoms with E-state index >= 15 is 0 Å². The lowest BCUT2D eigenvalue weighted by Gasteiger charge is -2.11. The molecule has 0 saturated carbocycles. The van der Waals surface area contributed by atoms with E-state index in [0.29, 0.717) is 16.5 Å². The van der Waals surface area contributed by atoms with Crippen LogP contribution in [0.5, 0.6) is 0 Å². The predicted molar refractivity (Wildman–Crippen MR) is 108 cm³/mol. The topological polar surface area (TPSA) is 73.0 Å². The van der Waals surface area contributed by atoms with Gasteiger partial charge in [0.1, 0.15) is 0 Å². The summed E-state index contributed by atoms with van der Waals surface area (Å²) in [6.45, 7) is 3.89. The normalized spacial score (nSPS) is 10.8. The molecule has 2 aromatic heterocycles. The predicted octanol–water partition coefficient (Wildman–Crippen LogP) is 5.05. The first kappa shape index (κ1) is 18.0. The number of carbonyl (C=O) groups excluding carboxylic acids is 1. The highest BCUT2D eigenvalue weighted by atomic mass is 35.5. The number of benzene rings is 2. The van der Waals surface area contributed by atoms with Crippen molar-refractivity contribution in [3.63, 3.8) is 0 Å². The zero-order valence-electron chi connectivity index (χ0n) is 15.3. The Bertz CT molecular complexity index is 1160. The highest BCUT2D eigenvalue weighted by molar-refractivity contribution is 6.30. The van der Waals surface area contributed by atoms with E-state index in [9.17, 15) is 4.79 Å². The van der Waals surface area contributed by atoms with Crippen LogP contribution in [0.3, 0.4) is 0 Å². The second-order valence-corrected chi connectivity index (χ2v) is 6.83. The van der Waals surface area contributed by atoms with Gasteiger partial charge < -0.3 is 9.84 Å². The summed E-state index contributed by atoms with van der Waals surface area (Å²) in [5.41, 5.74) is 4.22. The molecule has 0 aliphatic rings. The average Bonchev–Trinajstić information content (AvgIpc) is 3.29. The van der Waals surface area contributed by atoms with Crippen LogP contribution in [-0.2, 0) is 0 Å². The molecule has 0 aliphatic heterocycles. The number of anilines is 1. The van der Waals surface area contributed by atoms with Crippen molar-refractivity contribution in [1.82, 2.24) is 14.9 Å². The summed E-state index contributed by atoms with van der Waals surface area (Å²) in [4.78, 5) is 12.7. The molecule has 0 spiro atoms. The molecule has 6 nitrogen and oxygen atoms in total. The monoisotopic (exact) mass is 392 g/mol. The van der Waals surface area contributed by atoms with Crippen LogP contribution >= 0.6 is 11.6 Å². The van der Waals surface area contributed by atoms with Crippen molar-refractivity contribution < 1.29 is 9.32 Å². The second kappa shape index (κ2) is 7.32. The maximum absolute atomic E-state index is 12.7. The fourth-order valence-corrected chi connectivity index (χ4v) is 3.17. The number of rotatable bonds is 4. The van der Waals surface area contributed by atoms with Gasteiger partial charge in [-0.3, -0.25) is 4.79 Å². The molecule has 0 fully saturated rings. The van der Waals surface area contributed by atoms with E-state index in [-0.39, 0.29) is 11.6 Å². The minimum Gasteiger partial charge on any atom is -0.355 e. The molecule has 28 heavy (non-hydrogen) atoms. The van der Waals surface area contributed by atoms with Gasteiger partial charge in [-0.1, -0.05) is 41.0 Å². The molecule has 7 heteroatoms. The van der Waals surface area contributed by atoms with Crippen LogP contribution in [0, 0.1) is 13.8 Å². The van der Waals surface area contributed by atoms with Crippen molar-refractivity contribution in [2.45, 2.75) is 13.8 Å². The van der Waals surface area contributed by atoms with Gasteiger partial charge in [-0.25, -0.2) is 4.68 Å². The number of halogens is 1. The molecular formula is C21H17ClN4O2. The highest BCUT2D eigenvalue weighted by Gasteiger charge is 2.16. The van der Waals surface area contributed by atoms with E-state index in [1.54, 1.807) is 22.9 Å². The second-order valence-electron chi connectivity index (χ2n) is 6.40. The Morgan fingerprint density at radius 2 is 1.89 bits per heavy atom. The lowest BCUT2D eigenvalue weighted by Crippen LogP contribution is -2.14. The number of amides is 1. The molecule has 0 unspecified atom stereocenters. The summed E-state index contributed by atoms with van der Waals surface area (Å²) in [5, 5.41) is 11.9. The zero-order valence-corrected chi connectivity index (χ0v) is 16.1. The Morgan fingerprint density at radius 1 is 1.07 bits per heavy atom. The van der Waals surface area contributed by atoms with Crippen LogP contribution < -0.4 is 5.32 Å². The number of carbonyl (C=O) groups is 1. The Labute approximate surface area is 166 Å². The van der Waals surface area contributed by atoms with Gasteiger partial charge in [0.25, 0.3) is 5.91 Å². The molecule has 1 N–H and O–H groups in total. The Morgan fingerprint density at radius 3 is 2.64 bits per heavy atom. The van der Waals surface area contributed by atoms with Gasteiger partial charge in [0.15, 0.2) is 11.5 Å². The molecule has 2 heterocycles. The highest BCUT2D eigenvalue weighted by Crippen LogP contribution is 2.25. The molecule has 0 atom stereocenters. The van der Waals surface area contributed by atoms with Crippen LogP contribution in [0.2, 0.25) is 5.02 Å². The molecular weight excluding hydrogens is 376 g/mol. The molecule has 0 aliphatic carbocycles. The Kier molecular flexibility index (Phi) is 4.71. The first-order valence-electron chi connectivity index (χ1n) is 8.68. The quantitative estimate of drug-likeness (QED) is 0.527. The molecule has 4 rings (SSSR count). The van der Waals surface area contributed by atoms with Gasteiger partial charge in [0.05, 0.1) is 17.1 Å². The third kappa shape index (κ3) is 3.54. The van der Waals surface area contributed by atoms with Crippen molar-refractivity contribution in [1.29, 1.82) is 0 Å². The molecule has 140 valence electrons. The summed E-state index contributed by atoms with van der Waals surface area (Å²) < 4.78 is 7.11. The number of hydrogen-bond donors (Lipinski definition) is 1. The summed E-state index contributed by atoms with van der Waals surface area (Å²) in [6, 6.07) is 18.2. The minimum atomic E-state index is -0.369. The fraction of sp³-hybridized carbons (Fsp3) is 0.0952. The van der Waals surface area contributed by atoms with Gasteiger partial charge in [-0.05, 0) is 44.2 Å². The first-order chi connectivity index (χ1) is 13.5. The fourth-order valence-electron chi connectivity index (χ4n) is 2.98. The number of nitrogens with one attached hydrogen (secondary N) is 1. The van der Waals surface area contributed by atoms with Gasteiger partial charge >= 0.3 is 0 Å². The van der Waals surface area contributed by atoms with Crippen molar-refractivity contribution in [3.8, 4) is 17.0 Å². The number of para-hydroxylation sites is 2. The van der Waals surface area contributed by atoms with E-state index < -0.39 is 0 Å². The molecule has 0 radical (unpaired) electrons. The van der Waals surface area contributed by atoms with Crippen LogP contribution in [-0.4, -0.2) is 20.8 Å². The number of nitrogens with zero attached hydrogens (tertiary/aromatic N) is 3. The van der Waals surface area contributed by atoms with E-state index in [2.05, 4.69) is 15.6 Å². The van der Waals surface area contributed by atoms with Crippen molar-refractivity contribution in [2.75, 3.05) is 5.32 Å². The van der Waals surface area contributed by atoms with Crippen LogP contribution in [0.15, 0.2) is 65.2 Å². The molecule has 2 aromatic carbocycles. The summed E-state index contributed by atoms with van der Waals surface area (Å²) in [7, 11) is 0. The molecule has 4 aromatic rings. The van der Waals surface area contributed by atoms with E-state index in [0.717, 1.165) is 22.6 Å². The van der Waals surface area contributed by atoms with Crippen LogP contribution in [0.4, 0.5) is 5.69 Å². The lowest BCUT2D eigenvalue weighted by molar-refractivity contribution is 0.101. The Hall–Kier alpha value is -3.38. The molecule has 1 amide bonds. The summed E-state index contributed by atoms with van der Waals surface area (Å²) in [6.07, 6.45) is 0. The largest absolute Gasteiger partial charge is 0.355 e. The van der Waals surface area contributed by atoms with E-state index in [1.165, 1.54) is 0 Å². The number of hydrogen-bond acceptors (Lipinski definition) is 4. The van der Waals surface area contributed by atoms with E-state index in [1.807, 2.05) is 56.3 Å². The number of aryl methyl sites for hydroxylation is 2. The number of aromatic nitrogens is 3. The molecule has 0 bridgehead atoms. The van der Waals surface area contributed by atoms with Crippen LogP contribution in [0.25, 0.3) is 17.0 Å². The third-order valence-electron chi connectivity index (χ3n) is 4.24.